The van der Waals surface area contributed by atoms with Gasteiger partial charge in [0.15, 0.2) is 0 Å². The second-order valence-corrected chi connectivity index (χ2v) is 10.2. The van der Waals surface area contributed by atoms with E-state index in [0.29, 0.717) is 0 Å². The van der Waals surface area contributed by atoms with Crippen LogP contribution in [-0.2, 0) is 26.2 Å². The summed E-state index contributed by atoms with van der Waals surface area (Å²) in [5.74, 6) is -2.03. The molecule has 0 aliphatic rings. The van der Waals surface area contributed by atoms with Gasteiger partial charge < -0.3 is 10.2 Å². The minimum Gasteiger partial charge on any atom is -0.352 e. The molecule has 0 heterocycles. The lowest BCUT2D eigenvalue weighted by Gasteiger charge is -2.30. The lowest BCUT2D eigenvalue weighted by Crippen LogP contribution is -2.49. The summed E-state index contributed by atoms with van der Waals surface area (Å²) in [5, 5.41) is 2.74. The number of carbonyl (C=O) groups is 2. The molecule has 10 heteroatoms. The van der Waals surface area contributed by atoms with Crippen molar-refractivity contribution in [2.75, 3.05) is 17.1 Å². The molecule has 1 unspecified atom stereocenters. The zero-order valence-corrected chi connectivity index (χ0v) is 20.6. The van der Waals surface area contributed by atoms with Crippen LogP contribution in [0.15, 0.2) is 48.5 Å². The molecule has 1 atom stereocenters. The van der Waals surface area contributed by atoms with Crippen LogP contribution in [0.3, 0.4) is 0 Å². The van der Waals surface area contributed by atoms with Crippen LogP contribution < -0.4 is 9.62 Å². The Hall–Kier alpha value is -3.01. The molecule has 0 bridgehead atoms. The van der Waals surface area contributed by atoms with Crippen molar-refractivity contribution in [3.63, 3.8) is 0 Å². The Balaban J connectivity index is 2.19. The number of nitrogens with zero attached hydrogens (tertiary/aromatic N) is 2. The fraction of sp³-hybridized carbons (Fsp3) is 0.417. The number of rotatable bonds is 11. The van der Waals surface area contributed by atoms with Crippen LogP contribution in [0.5, 0.6) is 0 Å². The summed E-state index contributed by atoms with van der Waals surface area (Å²) in [4.78, 5) is 27.0. The zero-order chi connectivity index (χ0) is 25.5. The predicted octanol–water partition coefficient (Wildman–Crippen LogP) is 3.45. The largest absolute Gasteiger partial charge is 0.352 e. The van der Waals surface area contributed by atoms with Gasteiger partial charge in [-0.3, -0.25) is 13.9 Å². The number of benzene rings is 2. The minimum absolute atomic E-state index is 0.0759. The van der Waals surface area contributed by atoms with Gasteiger partial charge in [-0.15, -0.1) is 0 Å². The van der Waals surface area contributed by atoms with E-state index in [0.717, 1.165) is 16.6 Å². The van der Waals surface area contributed by atoms with E-state index in [1.165, 1.54) is 41.3 Å². The standard InChI is InChI=1S/C24H31F2N3O4S/c1-17(2)27-24(31)18(3)28(16-19-10-5-6-11-20(19)25)23(30)14-9-15-29(34(4,32)33)22-13-8-7-12-21(22)26/h5-8,10-13,17-18H,9,14-16H2,1-4H3,(H,27,31). The fourth-order valence-electron chi connectivity index (χ4n) is 3.43. The van der Waals surface area contributed by atoms with E-state index < -0.39 is 33.6 Å². The number of hydrogen-bond donors (Lipinski definition) is 1. The lowest BCUT2D eigenvalue weighted by molar-refractivity contribution is -0.140. The molecule has 0 spiro atoms. The van der Waals surface area contributed by atoms with Crippen molar-refractivity contribution in [1.82, 2.24) is 10.2 Å². The Bertz CT molecular complexity index is 1110. The molecule has 0 fully saturated rings. The molecular weight excluding hydrogens is 464 g/mol. The Labute approximate surface area is 199 Å². The molecule has 1 N–H and O–H groups in total. The van der Waals surface area contributed by atoms with Crippen molar-refractivity contribution in [1.29, 1.82) is 0 Å². The number of nitrogens with one attached hydrogen (secondary N) is 1. The molecular formula is C24H31F2N3O4S. The molecule has 0 aliphatic carbocycles. The number of sulfonamides is 1. The average Bonchev–Trinajstić information content (AvgIpc) is 2.75. The summed E-state index contributed by atoms with van der Waals surface area (Å²) >= 11 is 0. The molecule has 2 aromatic carbocycles. The van der Waals surface area contributed by atoms with Gasteiger partial charge in [0.1, 0.15) is 17.7 Å². The number of hydrogen-bond acceptors (Lipinski definition) is 4. The highest BCUT2D eigenvalue weighted by atomic mass is 32.2. The van der Waals surface area contributed by atoms with Gasteiger partial charge in [-0.2, -0.15) is 0 Å². The Morgan fingerprint density at radius 2 is 1.56 bits per heavy atom. The maximum absolute atomic E-state index is 14.3. The van der Waals surface area contributed by atoms with Gasteiger partial charge in [-0.25, -0.2) is 17.2 Å². The van der Waals surface area contributed by atoms with Crippen LogP contribution in [0, 0.1) is 11.6 Å². The number of halogens is 2. The van der Waals surface area contributed by atoms with Crippen LogP contribution in [-0.4, -0.2) is 50.0 Å². The summed E-state index contributed by atoms with van der Waals surface area (Å²) in [6.07, 6.45) is 0.921. The number of anilines is 1. The molecule has 0 radical (unpaired) electrons. The molecule has 0 saturated carbocycles. The van der Waals surface area contributed by atoms with Gasteiger partial charge in [0.2, 0.25) is 21.8 Å². The summed E-state index contributed by atoms with van der Waals surface area (Å²) in [6.45, 7) is 4.87. The van der Waals surface area contributed by atoms with E-state index in [4.69, 9.17) is 0 Å². The van der Waals surface area contributed by atoms with Gasteiger partial charge in [0.25, 0.3) is 0 Å². The van der Waals surface area contributed by atoms with E-state index in [2.05, 4.69) is 5.32 Å². The van der Waals surface area contributed by atoms with E-state index in [9.17, 15) is 26.8 Å². The molecule has 0 aliphatic heterocycles. The first kappa shape index (κ1) is 27.2. The second kappa shape index (κ2) is 11.9. The van der Waals surface area contributed by atoms with E-state index in [1.807, 2.05) is 0 Å². The highest BCUT2D eigenvalue weighted by Crippen LogP contribution is 2.22. The Morgan fingerprint density at radius 1 is 0.971 bits per heavy atom. The maximum atomic E-state index is 14.3. The van der Waals surface area contributed by atoms with Crippen LogP contribution in [0.1, 0.15) is 39.2 Å². The molecule has 186 valence electrons. The summed E-state index contributed by atoms with van der Waals surface area (Å²) in [6, 6.07) is 10.4. The van der Waals surface area contributed by atoms with Crippen molar-refractivity contribution in [3.8, 4) is 0 Å². The average molecular weight is 496 g/mol. The van der Waals surface area contributed by atoms with Gasteiger partial charge in [0, 0.05) is 31.1 Å². The van der Waals surface area contributed by atoms with E-state index in [-0.39, 0.29) is 49.1 Å². The van der Waals surface area contributed by atoms with Crippen LogP contribution >= 0.6 is 0 Å². The van der Waals surface area contributed by atoms with Gasteiger partial charge in [-0.1, -0.05) is 30.3 Å². The fourth-order valence-corrected chi connectivity index (χ4v) is 4.40. The van der Waals surface area contributed by atoms with E-state index >= 15 is 0 Å². The molecule has 2 rings (SSSR count). The van der Waals surface area contributed by atoms with Crippen molar-refractivity contribution in [2.24, 2.45) is 0 Å². The smallest absolute Gasteiger partial charge is 0.242 e. The normalized spacial score (nSPS) is 12.3. The Morgan fingerprint density at radius 3 is 2.12 bits per heavy atom. The number of amides is 2. The molecule has 0 saturated heterocycles. The lowest BCUT2D eigenvalue weighted by atomic mass is 10.1. The molecule has 2 amide bonds. The third-order valence-electron chi connectivity index (χ3n) is 5.17. The number of carbonyl (C=O) groups excluding carboxylic acids is 2. The molecule has 2 aromatic rings. The third kappa shape index (κ3) is 7.51. The second-order valence-electron chi connectivity index (χ2n) is 8.34. The van der Waals surface area contributed by atoms with Crippen LogP contribution in [0.4, 0.5) is 14.5 Å². The first-order valence-corrected chi connectivity index (χ1v) is 12.8. The first-order valence-electron chi connectivity index (χ1n) is 11.0. The van der Waals surface area contributed by atoms with Crippen molar-refractivity contribution in [3.05, 3.63) is 65.7 Å². The molecule has 0 aromatic heterocycles. The van der Waals surface area contributed by atoms with Crippen molar-refractivity contribution in [2.45, 2.75) is 52.2 Å². The maximum Gasteiger partial charge on any atom is 0.242 e. The quantitative estimate of drug-likeness (QED) is 0.517. The van der Waals surface area contributed by atoms with Gasteiger partial charge in [-0.05, 0) is 45.4 Å². The van der Waals surface area contributed by atoms with E-state index in [1.54, 1.807) is 26.8 Å². The summed E-state index contributed by atoms with van der Waals surface area (Å²) in [5.41, 5.74) is 0.148. The zero-order valence-electron chi connectivity index (χ0n) is 19.8. The SMILES string of the molecule is CC(C)NC(=O)C(C)N(Cc1ccccc1F)C(=O)CCCN(c1ccccc1F)S(C)(=O)=O. The topological polar surface area (TPSA) is 86.8 Å². The molecule has 7 nitrogen and oxygen atoms in total. The van der Waals surface area contributed by atoms with Crippen molar-refractivity contribution < 1.29 is 26.8 Å². The first-order chi connectivity index (χ1) is 15.9. The van der Waals surface area contributed by atoms with Crippen LogP contribution in [0.25, 0.3) is 0 Å². The Kier molecular flexibility index (Phi) is 9.55. The predicted molar refractivity (Wildman–Crippen MR) is 128 cm³/mol. The molecule has 34 heavy (non-hydrogen) atoms. The van der Waals surface area contributed by atoms with Crippen LogP contribution in [0.2, 0.25) is 0 Å². The van der Waals surface area contributed by atoms with Crippen molar-refractivity contribution >= 4 is 27.5 Å². The highest BCUT2D eigenvalue weighted by molar-refractivity contribution is 7.92. The third-order valence-corrected chi connectivity index (χ3v) is 6.35. The van der Waals surface area contributed by atoms with Gasteiger partial charge in [0.05, 0.1) is 11.9 Å². The summed E-state index contributed by atoms with van der Waals surface area (Å²) < 4.78 is 53.8. The van der Waals surface area contributed by atoms with Gasteiger partial charge >= 0.3 is 0 Å². The number of para-hydroxylation sites is 1. The summed E-state index contributed by atoms with van der Waals surface area (Å²) in [7, 11) is -3.80. The monoisotopic (exact) mass is 495 g/mol. The minimum atomic E-state index is -3.80. The highest BCUT2D eigenvalue weighted by Gasteiger charge is 2.28.